The van der Waals surface area contributed by atoms with Crippen molar-refractivity contribution in [2.45, 2.75) is 18.9 Å². The molecule has 2 aromatic heterocycles. The lowest BCUT2D eigenvalue weighted by molar-refractivity contribution is -0.111. The number of hydrogen-bond donors (Lipinski definition) is 2. The van der Waals surface area contributed by atoms with E-state index in [1.807, 2.05) is 48.3 Å². The van der Waals surface area contributed by atoms with Gasteiger partial charge in [0.05, 0.1) is 41.6 Å². The smallest absolute Gasteiger partial charge is 0.247 e. The fourth-order valence-electron chi connectivity index (χ4n) is 5.19. The highest BCUT2D eigenvalue weighted by atomic mass is 16.5. The van der Waals surface area contributed by atoms with E-state index in [0.29, 0.717) is 22.9 Å². The van der Waals surface area contributed by atoms with Gasteiger partial charge in [-0.05, 0) is 37.1 Å². The fraction of sp³-hybridized carbons (Fsp3) is 0.310. The Kier molecular flexibility index (Phi) is 6.62. The van der Waals surface area contributed by atoms with Crippen LogP contribution in [0.4, 0.5) is 22.9 Å². The third-order valence-corrected chi connectivity index (χ3v) is 7.45. The van der Waals surface area contributed by atoms with E-state index < -0.39 is 0 Å². The van der Waals surface area contributed by atoms with Gasteiger partial charge in [0.25, 0.3) is 0 Å². The minimum atomic E-state index is -0.265. The number of rotatable bonds is 8. The molecule has 0 radical (unpaired) electrons. The molecule has 0 unspecified atom stereocenters. The molecule has 0 spiro atoms. The fourth-order valence-corrected chi connectivity index (χ4v) is 5.19. The van der Waals surface area contributed by atoms with E-state index in [1.165, 1.54) is 25.2 Å². The number of benzene rings is 2. The molecule has 4 aromatic rings. The Balaban J connectivity index is 1.29. The number of nitrogens with one attached hydrogen (secondary N) is 2. The third kappa shape index (κ3) is 5.15. The first-order valence-corrected chi connectivity index (χ1v) is 13.2. The van der Waals surface area contributed by atoms with Gasteiger partial charge in [-0.15, -0.1) is 0 Å². The second-order valence-electron chi connectivity index (χ2n) is 9.97. The quantitative estimate of drug-likeness (QED) is 0.331. The van der Waals surface area contributed by atoms with Gasteiger partial charge in [0, 0.05) is 62.4 Å². The molecule has 6 rings (SSSR count). The van der Waals surface area contributed by atoms with Gasteiger partial charge in [0.2, 0.25) is 5.91 Å². The van der Waals surface area contributed by atoms with Gasteiger partial charge in [0.15, 0.2) is 0 Å². The van der Waals surface area contributed by atoms with Crippen LogP contribution in [-0.2, 0) is 11.8 Å². The number of nitrogens with zero attached hydrogens (tertiary/aromatic N) is 6. The summed E-state index contributed by atoms with van der Waals surface area (Å²) in [5.41, 5.74) is 5.11. The Morgan fingerprint density at radius 1 is 1.08 bits per heavy atom. The number of fused-ring (bicyclic) bond motifs is 1. The zero-order chi connectivity index (χ0) is 26.9. The summed E-state index contributed by atoms with van der Waals surface area (Å²) in [7, 11) is 3.57. The Morgan fingerprint density at radius 3 is 2.64 bits per heavy atom. The van der Waals surface area contributed by atoms with Gasteiger partial charge in [-0.2, -0.15) is 5.10 Å². The lowest BCUT2D eigenvalue weighted by Gasteiger charge is -2.37. The van der Waals surface area contributed by atoms with E-state index in [2.05, 4.69) is 48.1 Å². The predicted octanol–water partition coefficient (Wildman–Crippen LogP) is 4.19. The largest absolute Gasteiger partial charge is 0.494 e. The van der Waals surface area contributed by atoms with E-state index in [9.17, 15) is 4.79 Å². The van der Waals surface area contributed by atoms with Crippen molar-refractivity contribution in [2.24, 2.45) is 7.05 Å². The van der Waals surface area contributed by atoms with Crippen LogP contribution in [0.25, 0.3) is 22.2 Å². The van der Waals surface area contributed by atoms with Crippen LogP contribution >= 0.6 is 0 Å². The monoisotopic (exact) mass is 524 g/mol. The maximum atomic E-state index is 12.4. The summed E-state index contributed by atoms with van der Waals surface area (Å²) in [5, 5.41) is 11.7. The van der Waals surface area contributed by atoms with Crippen molar-refractivity contribution in [1.82, 2.24) is 24.6 Å². The highest BCUT2D eigenvalue weighted by Gasteiger charge is 2.32. The standard InChI is InChI=1S/C29H32N8O2/c1-4-29(38)34-23-14-24(27(39-3)16-26(23)37-11-9-36(10-12-37)21-6-7-21)33-28-15-22(30-18-31-28)19-5-8-25-20(13-19)17-32-35(25)2/h4-5,8,13-18,21H,1,6-7,9-12H2,2-3H3,(H,34,38)(H,30,31,33). The van der Waals surface area contributed by atoms with Crippen molar-refractivity contribution >= 4 is 39.7 Å². The topological polar surface area (TPSA) is 100 Å². The van der Waals surface area contributed by atoms with Crippen molar-refractivity contribution in [3.05, 3.63) is 61.6 Å². The number of hydrogen-bond acceptors (Lipinski definition) is 8. The summed E-state index contributed by atoms with van der Waals surface area (Å²) in [6.45, 7) is 7.42. The summed E-state index contributed by atoms with van der Waals surface area (Å²) < 4.78 is 7.63. The van der Waals surface area contributed by atoms with Gasteiger partial charge >= 0.3 is 0 Å². The van der Waals surface area contributed by atoms with Crippen LogP contribution in [0, 0.1) is 0 Å². The van der Waals surface area contributed by atoms with Gasteiger partial charge in [-0.25, -0.2) is 9.97 Å². The Bertz CT molecular complexity index is 1540. The molecule has 0 atom stereocenters. The van der Waals surface area contributed by atoms with E-state index >= 15 is 0 Å². The zero-order valence-corrected chi connectivity index (χ0v) is 22.2. The minimum Gasteiger partial charge on any atom is -0.494 e. The van der Waals surface area contributed by atoms with Crippen molar-refractivity contribution in [1.29, 1.82) is 0 Å². The molecule has 1 saturated carbocycles. The number of carbonyl (C=O) groups excluding carboxylic acids is 1. The minimum absolute atomic E-state index is 0.265. The van der Waals surface area contributed by atoms with Crippen molar-refractivity contribution in [3.63, 3.8) is 0 Å². The average molecular weight is 525 g/mol. The SMILES string of the molecule is C=CC(=O)Nc1cc(Nc2cc(-c3ccc4c(cnn4C)c3)ncn2)c(OC)cc1N1CCN(C2CC2)CC1. The highest BCUT2D eigenvalue weighted by molar-refractivity contribution is 6.02. The van der Waals surface area contributed by atoms with Crippen LogP contribution in [0.5, 0.6) is 5.75 Å². The van der Waals surface area contributed by atoms with Crippen molar-refractivity contribution < 1.29 is 9.53 Å². The van der Waals surface area contributed by atoms with Crippen LogP contribution in [-0.4, -0.2) is 69.9 Å². The van der Waals surface area contributed by atoms with E-state index in [1.54, 1.807) is 7.11 Å². The van der Waals surface area contributed by atoms with Gasteiger partial charge < -0.3 is 20.3 Å². The summed E-state index contributed by atoms with van der Waals surface area (Å²) in [6.07, 6.45) is 7.26. The third-order valence-electron chi connectivity index (χ3n) is 7.45. The molecule has 1 saturated heterocycles. The first-order valence-electron chi connectivity index (χ1n) is 13.2. The number of anilines is 4. The molecule has 3 heterocycles. The number of methoxy groups -OCH3 is 1. The van der Waals surface area contributed by atoms with Crippen LogP contribution in [0.3, 0.4) is 0 Å². The molecule has 2 aromatic carbocycles. The molecule has 10 heteroatoms. The van der Waals surface area contributed by atoms with Crippen LogP contribution in [0.2, 0.25) is 0 Å². The first kappa shape index (κ1) is 24.9. The number of ether oxygens (including phenoxy) is 1. The molecule has 2 N–H and O–H groups in total. The van der Waals surface area contributed by atoms with Crippen molar-refractivity contribution in [3.8, 4) is 17.0 Å². The molecule has 2 fully saturated rings. The van der Waals surface area contributed by atoms with Crippen LogP contribution in [0.15, 0.2) is 61.6 Å². The second kappa shape index (κ2) is 10.4. The predicted molar refractivity (Wildman–Crippen MR) is 154 cm³/mol. The van der Waals surface area contributed by atoms with Gasteiger partial charge in [-0.3, -0.25) is 14.4 Å². The Hall–Kier alpha value is -4.44. The Morgan fingerprint density at radius 2 is 1.90 bits per heavy atom. The maximum Gasteiger partial charge on any atom is 0.247 e. The number of carbonyl (C=O) groups is 1. The van der Waals surface area contributed by atoms with Gasteiger partial charge in [0.1, 0.15) is 17.9 Å². The number of piperazine rings is 1. The van der Waals surface area contributed by atoms with Crippen molar-refractivity contribution in [2.75, 3.05) is 48.8 Å². The normalized spacial score (nSPS) is 15.8. The molecule has 39 heavy (non-hydrogen) atoms. The molecule has 0 bridgehead atoms. The molecular weight excluding hydrogens is 492 g/mol. The molecule has 10 nitrogen and oxygen atoms in total. The number of aromatic nitrogens is 4. The molecule has 1 aliphatic heterocycles. The lowest BCUT2D eigenvalue weighted by atomic mass is 10.1. The summed E-state index contributed by atoms with van der Waals surface area (Å²) in [5.74, 6) is 0.999. The number of aryl methyl sites for hydroxylation is 1. The number of amides is 1. The van der Waals surface area contributed by atoms with E-state index in [4.69, 9.17) is 4.74 Å². The van der Waals surface area contributed by atoms with Gasteiger partial charge in [-0.1, -0.05) is 12.6 Å². The molecule has 1 aliphatic carbocycles. The maximum absolute atomic E-state index is 12.4. The zero-order valence-electron chi connectivity index (χ0n) is 22.2. The average Bonchev–Trinajstić information content (AvgIpc) is 3.76. The lowest BCUT2D eigenvalue weighted by Crippen LogP contribution is -2.47. The van der Waals surface area contributed by atoms with Crippen LogP contribution < -0.4 is 20.3 Å². The molecule has 1 amide bonds. The summed E-state index contributed by atoms with van der Waals surface area (Å²) >= 11 is 0. The van der Waals surface area contributed by atoms with Crippen LogP contribution in [0.1, 0.15) is 12.8 Å². The first-order chi connectivity index (χ1) is 19.0. The molecular formula is C29H32N8O2. The van der Waals surface area contributed by atoms with E-state index in [0.717, 1.165) is 60.1 Å². The Labute approximate surface area is 227 Å². The summed E-state index contributed by atoms with van der Waals surface area (Å²) in [4.78, 5) is 26.1. The molecule has 200 valence electrons. The van der Waals surface area contributed by atoms with E-state index in [-0.39, 0.29) is 5.91 Å². The highest BCUT2D eigenvalue weighted by Crippen LogP contribution is 2.39. The summed E-state index contributed by atoms with van der Waals surface area (Å²) in [6, 6.07) is 12.6. The second-order valence-corrected chi connectivity index (χ2v) is 9.97. The molecule has 2 aliphatic rings.